The molecule has 0 N–H and O–H groups in total. The van der Waals surface area contributed by atoms with E-state index >= 15 is 0 Å². The molecule has 0 saturated carbocycles. The van der Waals surface area contributed by atoms with Gasteiger partial charge in [-0.1, -0.05) is 37.3 Å². The van der Waals surface area contributed by atoms with Gasteiger partial charge in [-0.05, 0) is 18.5 Å². The Labute approximate surface area is 111 Å². The molecule has 1 aromatic carbocycles. The third-order valence-electron chi connectivity index (χ3n) is 2.80. The Morgan fingerprint density at radius 3 is 2.37 bits per heavy atom. The van der Waals surface area contributed by atoms with E-state index in [0.717, 1.165) is 5.56 Å². The first-order chi connectivity index (χ1) is 8.98. The van der Waals surface area contributed by atoms with E-state index in [-0.39, 0.29) is 6.42 Å². The summed E-state index contributed by atoms with van der Waals surface area (Å²) in [5.74, 6) is 0. The number of rotatable bonds is 6. The molecule has 0 bridgehead atoms. The van der Waals surface area contributed by atoms with Gasteiger partial charge in [0.2, 0.25) is 0 Å². The van der Waals surface area contributed by atoms with Crippen LogP contribution in [-0.4, -0.2) is 24.2 Å². The third-order valence-corrected chi connectivity index (χ3v) is 2.80. The molecule has 0 spiro atoms. The second-order valence-corrected chi connectivity index (χ2v) is 4.37. The molecular weight excluding hydrogens is 253 g/mol. The highest BCUT2D eigenvalue weighted by molar-refractivity contribution is 5.20. The van der Waals surface area contributed by atoms with Crippen LogP contribution in [0.2, 0.25) is 0 Å². The van der Waals surface area contributed by atoms with Crippen molar-refractivity contribution in [1.29, 1.82) is 5.26 Å². The second-order valence-electron chi connectivity index (χ2n) is 4.37. The van der Waals surface area contributed by atoms with Crippen LogP contribution >= 0.6 is 0 Å². The molecule has 1 aromatic rings. The lowest BCUT2D eigenvalue weighted by Gasteiger charge is -2.31. The first kappa shape index (κ1) is 15.5. The van der Waals surface area contributed by atoms with Crippen molar-refractivity contribution in [1.82, 2.24) is 4.90 Å². The summed E-state index contributed by atoms with van der Waals surface area (Å²) >= 11 is 0. The van der Waals surface area contributed by atoms with Gasteiger partial charge in [0.15, 0.2) is 0 Å². The minimum Gasteiger partial charge on any atom is -0.287 e. The highest BCUT2D eigenvalue weighted by Gasteiger charge is 2.33. The van der Waals surface area contributed by atoms with E-state index < -0.39 is 18.8 Å². The van der Waals surface area contributed by atoms with Gasteiger partial charge in [0.1, 0.15) is 0 Å². The maximum absolute atomic E-state index is 12.6. The van der Waals surface area contributed by atoms with Crippen molar-refractivity contribution in [2.75, 3.05) is 13.1 Å². The summed E-state index contributed by atoms with van der Waals surface area (Å²) in [6.45, 7) is 1.17. The first-order valence-electron chi connectivity index (χ1n) is 6.20. The second kappa shape index (κ2) is 7.15. The molecule has 104 valence electrons. The quantitative estimate of drug-likeness (QED) is 0.783. The molecule has 0 amide bonds. The lowest BCUT2D eigenvalue weighted by atomic mass is 10.0. The van der Waals surface area contributed by atoms with Gasteiger partial charge < -0.3 is 0 Å². The predicted octanol–water partition coefficient (Wildman–Crippen LogP) is 3.92. The molecule has 0 aliphatic carbocycles. The van der Waals surface area contributed by atoms with Crippen LogP contribution in [0.1, 0.15) is 31.4 Å². The summed E-state index contributed by atoms with van der Waals surface area (Å²) < 4.78 is 37.9. The number of nitrogens with zero attached hydrogens (tertiary/aromatic N) is 2. The molecule has 1 unspecified atom stereocenters. The van der Waals surface area contributed by atoms with E-state index in [2.05, 4.69) is 0 Å². The Balaban J connectivity index is 2.96. The van der Waals surface area contributed by atoms with E-state index in [1.165, 1.54) is 4.90 Å². The van der Waals surface area contributed by atoms with Crippen LogP contribution in [0.3, 0.4) is 0 Å². The van der Waals surface area contributed by atoms with E-state index in [1.807, 2.05) is 13.0 Å². The van der Waals surface area contributed by atoms with Crippen LogP contribution in [0.5, 0.6) is 0 Å². The molecule has 0 saturated heterocycles. The van der Waals surface area contributed by atoms with Gasteiger partial charge in [0, 0.05) is 6.04 Å². The Bertz CT molecular complexity index is 409. The lowest BCUT2D eigenvalue weighted by molar-refractivity contribution is -0.151. The maximum Gasteiger partial charge on any atom is 0.401 e. The molecule has 0 radical (unpaired) electrons. The van der Waals surface area contributed by atoms with Gasteiger partial charge in [-0.3, -0.25) is 4.90 Å². The molecule has 1 rings (SSSR count). The molecule has 0 aliphatic rings. The van der Waals surface area contributed by atoms with Gasteiger partial charge in [0.25, 0.3) is 0 Å². The minimum atomic E-state index is -4.25. The van der Waals surface area contributed by atoms with E-state index in [0.29, 0.717) is 13.0 Å². The number of alkyl halides is 3. The summed E-state index contributed by atoms with van der Waals surface area (Å²) in [7, 11) is 0. The van der Waals surface area contributed by atoms with Gasteiger partial charge >= 0.3 is 6.18 Å². The van der Waals surface area contributed by atoms with Gasteiger partial charge in [-0.15, -0.1) is 0 Å². The molecule has 0 aliphatic heterocycles. The van der Waals surface area contributed by atoms with Crippen LogP contribution in [0, 0.1) is 11.3 Å². The summed E-state index contributed by atoms with van der Waals surface area (Å²) in [4.78, 5) is 1.33. The van der Waals surface area contributed by atoms with Crippen LogP contribution in [-0.2, 0) is 0 Å². The zero-order valence-corrected chi connectivity index (χ0v) is 10.8. The van der Waals surface area contributed by atoms with Crippen molar-refractivity contribution in [2.45, 2.75) is 32.0 Å². The normalized spacial score (nSPS) is 13.3. The Kier molecular flexibility index (Phi) is 5.84. The van der Waals surface area contributed by atoms with Crippen LogP contribution in [0.15, 0.2) is 30.3 Å². The summed E-state index contributed by atoms with van der Waals surface area (Å²) in [5.41, 5.74) is 0.752. The average Bonchev–Trinajstić information content (AvgIpc) is 2.35. The number of hydrogen-bond acceptors (Lipinski definition) is 2. The van der Waals surface area contributed by atoms with E-state index in [4.69, 9.17) is 5.26 Å². The van der Waals surface area contributed by atoms with E-state index in [9.17, 15) is 13.2 Å². The monoisotopic (exact) mass is 270 g/mol. The molecule has 1 atom stereocenters. The fraction of sp³-hybridized carbons (Fsp3) is 0.500. The summed E-state index contributed by atoms with van der Waals surface area (Å²) in [5, 5.41) is 8.86. The van der Waals surface area contributed by atoms with Gasteiger partial charge in [-0.25, -0.2) is 0 Å². The topological polar surface area (TPSA) is 27.0 Å². The standard InChI is InChI=1S/C14H17F3N2/c1-2-10-19(11-14(15,16)17)13(8-9-18)12-6-4-3-5-7-12/h3-7,13H,2,8,10-11H2,1H3. The molecule has 19 heavy (non-hydrogen) atoms. The smallest absolute Gasteiger partial charge is 0.287 e. The zero-order valence-electron chi connectivity index (χ0n) is 10.8. The number of benzene rings is 1. The van der Waals surface area contributed by atoms with Crippen molar-refractivity contribution >= 4 is 0 Å². The largest absolute Gasteiger partial charge is 0.401 e. The Morgan fingerprint density at radius 2 is 1.89 bits per heavy atom. The van der Waals surface area contributed by atoms with Crippen molar-refractivity contribution in [3.05, 3.63) is 35.9 Å². The van der Waals surface area contributed by atoms with Crippen LogP contribution < -0.4 is 0 Å². The first-order valence-corrected chi connectivity index (χ1v) is 6.20. The fourth-order valence-corrected chi connectivity index (χ4v) is 2.08. The third kappa shape index (κ3) is 5.31. The summed E-state index contributed by atoms with van der Waals surface area (Å²) in [6.07, 6.45) is -3.58. The molecule has 0 heterocycles. The number of nitriles is 1. The average molecular weight is 270 g/mol. The van der Waals surface area contributed by atoms with Crippen molar-refractivity contribution < 1.29 is 13.2 Å². The van der Waals surface area contributed by atoms with Gasteiger partial charge in [-0.2, -0.15) is 18.4 Å². The van der Waals surface area contributed by atoms with Crippen LogP contribution in [0.25, 0.3) is 0 Å². The number of hydrogen-bond donors (Lipinski definition) is 0. The maximum atomic E-state index is 12.6. The van der Waals surface area contributed by atoms with E-state index in [1.54, 1.807) is 30.3 Å². The Morgan fingerprint density at radius 1 is 1.26 bits per heavy atom. The SMILES string of the molecule is CCCN(CC(F)(F)F)C(CC#N)c1ccccc1. The lowest BCUT2D eigenvalue weighted by Crippen LogP contribution is -2.37. The van der Waals surface area contributed by atoms with Crippen molar-refractivity contribution in [3.63, 3.8) is 0 Å². The molecular formula is C14H17F3N2. The molecule has 0 aromatic heterocycles. The Hall–Kier alpha value is -1.54. The predicted molar refractivity (Wildman–Crippen MR) is 67.3 cm³/mol. The summed E-state index contributed by atoms with van der Waals surface area (Å²) in [6, 6.07) is 10.4. The molecule has 0 fully saturated rings. The highest BCUT2D eigenvalue weighted by Crippen LogP contribution is 2.28. The molecule has 2 nitrogen and oxygen atoms in total. The molecule has 5 heteroatoms. The van der Waals surface area contributed by atoms with Crippen LogP contribution in [0.4, 0.5) is 13.2 Å². The van der Waals surface area contributed by atoms with Gasteiger partial charge in [0.05, 0.1) is 19.0 Å². The zero-order chi connectivity index (χ0) is 14.3. The number of halogens is 3. The highest BCUT2D eigenvalue weighted by atomic mass is 19.4. The minimum absolute atomic E-state index is 0.0556. The van der Waals surface area contributed by atoms with Crippen molar-refractivity contribution in [3.8, 4) is 6.07 Å². The fourth-order valence-electron chi connectivity index (χ4n) is 2.08. The van der Waals surface area contributed by atoms with Crippen molar-refractivity contribution in [2.24, 2.45) is 0 Å².